The number of ether oxygens (including phenoxy) is 3. The van der Waals surface area contributed by atoms with Gasteiger partial charge in [0.15, 0.2) is 5.79 Å². The lowest BCUT2D eigenvalue weighted by Crippen LogP contribution is -2.32. The van der Waals surface area contributed by atoms with Crippen LogP contribution in [0.15, 0.2) is 66.7 Å². The van der Waals surface area contributed by atoms with Crippen LogP contribution in [0.1, 0.15) is 44.7 Å². The van der Waals surface area contributed by atoms with Gasteiger partial charge in [-0.3, -0.25) is 0 Å². The summed E-state index contributed by atoms with van der Waals surface area (Å²) in [7, 11) is 0. The predicted molar refractivity (Wildman–Crippen MR) is 117 cm³/mol. The minimum absolute atomic E-state index is 0.145. The van der Waals surface area contributed by atoms with Gasteiger partial charge in [-0.2, -0.15) is 0 Å². The molecule has 4 rings (SSSR count). The third-order valence-corrected chi connectivity index (χ3v) is 5.55. The van der Waals surface area contributed by atoms with E-state index in [2.05, 4.69) is 30.3 Å². The summed E-state index contributed by atoms with van der Waals surface area (Å²) in [6.07, 6.45) is 1.03. The highest BCUT2D eigenvalue weighted by atomic mass is 16.8. The van der Waals surface area contributed by atoms with Crippen molar-refractivity contribution >= 4 is 16.6 Å². The standard InChI is InChI=1S/C26H28O4/c1-19(27)13-14-26(18-29-25(2,3)30-26)23-9-6-10-24(16-23)28-17-20-11-12-21-7-4-5-8-22(21)15-20/h4-12,15-16H,13-14,17-18H2,1-3H3. The van der Waals surface area contributed by atoms with Crippen LogP contribution in [0.2, 0.25) is 0 Å². The molecule has 0 aromatic heterocycles. The molecule has 0 amide bonds. The number of rotatable bonds is 7. The van der Waals surface area contributed by atoms with Crippen molar-refractivity contribution in [2.75, 3.05) is 6.61 Å². The number of hydrogen-bond acceptors (Lipinski definition) is 4. The topological polar surface area (TPSA) is 44.8 Å². The van der Waals surface area contributed by atoms with Crippen molar-refractivity contribution in [1.82, 2.24) is 0 Å². The van der Waals surface area contributed by atoms with Crippen molar-refractivity contribution in [2.45, 2.75) is 51.6 Å². The summed E-state index contributed by atoms with van der Waals surface area (Å²) < 4.78 is 18.3. The number of hydrogen-bond donors (Lipinski definition) is 0. The molecular weight excluding hydrogens is 376 g/mol. The minimum Gasteiger partial charge on any atom is -0.489 e. The minimum atomic E-state index is -0.682. The van der Waals surface area contributed by atoms with Gasteiger partial charge in [-0.25, -0.2) is 0 Å². The van der Waals surface area contributed by atoms with Crippen molar-refractivity contribution in [3.63, 3.8) is 0 Å². The van der Waals surface area contributed by atoms with E-state index >= 15 is 0 Å². The van der Waals surface area contributed by atoms with E-state index in [1.165, 1.54) is 10.8 Å². The number of carbonyl (C=O) groups is 1. The van der Waals surface area contributed by atoms with Crippen LogP contribution in [0.5, 0.6) is 5.75 Å². The third-order valence-electron chi connectivity index (χ3n) is 5.55. The van der Waals surface area contributed by atoms with Crippen LogP contribution in [0, 0.1) is 0 Å². The zero-order valence-electron chi connectivity index (χ0n) is 17.8. The van der Waals surface area contributed by atoms with Crippen molar-refractivity contribution in [3.8, 4) is 5.75 Å². The molecular formula is C26H28O4. The van der Waals surface area contributed by atoms with E-state index in [1.807, 2.05) is 50.2 Å². The van der Waals surface area contributed by atoms with Gasteiger partial charge in [0, 0.05) is 6.42 Å². The molecule has 1 fully saturated rings. The first-order chi connectivity index (χ1) is 14.4. The van der Waals surface area contributed by atoms with Crippen molar-refractivity contribution in [1.29, 1.82) is 0 Å². The molecule has 1 atom stereocenters. The van der Waals surface area contributed by atoms with Crippen LogP contribution in [-0.4, -0.2) is 18.2 Å². The third kappa shape index (κ3) is 4.55. The second-order valence-corrected chi connectivity index (χ2v) is 8.48. The Bertz CT molecular complexity index is 1060. The van der Waals surface area contributed by atoms with Crippen LogP contribution >= 0.6 is 0 Å². The molecule has 0 bridgehead atoms. The van der Waals surface area contributed by atoms with Crippen LogP contribution in [0.3, 0.4) is 0 Å². The molecule has 0 spiro atoms. The van der Waals surface area contributed by atoms with Gasteiger partial charge in [-0.1, -0.05) is 48.5 Å². The quantitative estimate of drug-likeness (QED) is 0.502. The zero-order chi connectivity index (χ0) is 21.2. The number of benzene rings is 3. The molecule has 0 aliphatic carbocycles. The summed E-state index contributed by atoms with van der Waals surface area (Å²) in [6, 6.07) is 22.6. The summed E-state index contributed by atoms with van der Waals surface area (Å²) in [5.41, 5.74) is 1.45. The maximum atomic E-state index is 11.6. The van der Waals surface area contributed by atoms with Gasteiger partial charge in [-0.15, -0.1) is 0 Å². The normalized spacial score (nSPS) is 20.4. The average molecular weight is 405 g/mol. The lowest BCUT2D eigenvalue weighted by molar-refractivity contribution is -0.166. The van der Waals surface area contributed by atoms with Crippen LogP contribution < -0.4 is 4.74 Å². The largest absolute Gasteiger partial charge is 0.489 e. The average Bonchev–Trinajstić information content (AvgIpc) is 3.07. The lowest BCUT2D eigenvalue weighted by atomic mass is 9.89. The van der Waals surface area contributed by atoms with E-state index in [4.69, 9.17) is 14.2 Å². The summed E-state index contributed by atoms with van der Waals surface area (Å²) in [5, 5.41) is 2.42. The summed E-state index contributed by atoms with van der Waals surface area (Å²) in [6.45, 7) is 6.32. The van der Waals surface area contributed by atoms with E-state index in [9.17, 15) is 4.79 Å². The first-order valence-corrected chi connectivity index (χ1v) is 10.4. The van der Waals surface area contributed by atoms with Gasteiger partial charge in [0.25, 0.3) is 0 Å². The fourth-order valence-corrected chi connectivity index (χ4v) is 3.97. The Labute approximate surface area is 177 Å². The monoisotopic (exact) mass is 404 g/mol. The molecule has 0 radical (unpaired) electrons. The molecule has 30 heavy (non-hydrogen) atoms. The Morgan fingerprint density at radius 2 is 1.80 bits per heavy atom. The molecule has 1 saturated heterocycles. The Hall–Kier alpha value is -2.69. The first-order valence-electron chi connectivity index (χ1n) is 10.4. The Morgan fingerprint density at radius 1 is 1.00 bits per heavy atom. The van der Waals surface area contributed by atoms with Gasteiger partial charge in [0.1, 0.15) is 23.7 Å². The number of Topliss-reactive ketones (excluding diaryl/α,β-unsaturated/α-hetero) is 1. The molecule has 3 aromatic rings. The molecule has 4 nitrogen and oxygen atoms in total. The maximum absolute atomic E-state index is 11.6. The zero-order valence-corrected chi connectivity index (χ0v) is 17.8. The van der Waals surface area contributed by atoms with Crippen LogP contribution in [-0.2, 0) is 26.5 Å². The maximum Gasteiger partial charge on any atom is 0.164 e. The van der Waals surface area contributed by atoms with Gasteiger partial charge >= 0.3 is 0 Å². The summed E-state index contributed by atoms with van der Waals surface area (Å²) in [4.78, 5) is 11.6. The predicted octanol–water partition coefficient (Wildman–Crippen LogP) is 5.77. The van der Waals surface area contributed by atoms with E-state index < -0.39 is 11.4 Å². The number of fused-ring (bicyclic) bond motifs is 1. The highest BCUT2D eigenvalue weighted by Gasteiger charge is 2.46. The summed E-state index contributed by atoms with van der Waals surface area (Å²) in [5.74, 6) is 0.237. The van der Waals surface area contributed by atoms with Crippen LogP contribution in [0.25, 0.3) is 10.8 Å². The molecule has 4 heteroatoms. The van der Waals surface area contributed by atoms with Crippen molar-refractivity contribution in [3.05, 3.63) is 77.9 Å². The van der Waals surface area contributed by atoms with E-state index in [0.29, 0.717) is 26.1 Å². The molecule has 0 saturated carbocycles. The smallest absolute Gasteiger partial charge is 0.164 e. The molecule has 0 N–H and O–H groups in total. The highest BCUT2D eigenvalue weighted by Crippen LogP contribution is 2.43. The molecule has 1 aliphatic rings. The van der Waals surface area contributed by atoms with Crippen molar-refractivity contribution < 1.29 is 19.0 Å². The Morgan fingerprint density at radius 3 is 2.53 bits per heavy atom. The molecule has 1 aliphatic heterocycles. The molecule has 3 aromatic carbocycles. The fourth-order valence-electron chi connectivity index (χ4n) is 3.97. The first kappa shape index (κ1) is 20.6. The Balaban J connectivity index is 1.53. The van der Waals surface area contributed by atoms with Crippen LogP contribution in [0.4, 0.5) is 0 Å². The SMILES string of the molecule is CC(=O)CCC1(c2cccc(OCc3ccc4ccccc4c3)c2)COC(C)(C)O1. The molecule has 1 unspecified atom stereocenters. The number of ketones is 1. The van der Waals surface area contributed by atoms with E-state index in [1.54, 1.807) is 6.92 Å². The van der Waals surface area contributed by atoms with Gasteiger partial charge in [-0.05, 0) is 67.3 Å². The molecule has 156 valence electrons. The van der Waals surface area contributed by atoms with Gasteiger partial charge in [0.2, 0.25) is 0 Å². The summed E-state index contributed by atoms with van der Waals surface area (Å²) >= 11 is 0. The lowest BCUT2D eigenvalue weighted by Gasteiger charge is -2.30. The van der Waals surface area contributed by atoms with Gasteiger partial charge < -0.3 is 19.0 Å². The second kappa shape index (κ2) is 8.21. The van der Waals surface area contributed by atoms with E-state index in [-0.39, 0.29) is 5.78 Å². The molecule has 1 heterocycles. The van der Waals surface area contributed by atoms with E-state index in [0.717, 1.165) is 16.9 Å². The highest BCUT2D eigenvalue weighted by molar-refractivity contribution is 5.82. The number of carbonyl (C=O) groups excluding carboxylic acids is 1. The van der Waals surface area contributed by atoms with Crippen molar-refractivity contribution in [2.24, 2.45) is 0 Å². The fraction of sp³-hybridized carbons (Fsp3) is 0.346. The second-order valence-electron chi connectivity index (χ2n) is 8.48. The Kier molecular flexibility index (Phi) is 5.63. The van der Waals surface area contributed by atoms with Gasteiger partial charge in [0.05, 0.1) is 6.61 Å².